The number of carbonyl (C=O) groups is 3. The van der Waals surface area contributed by atoms with E-state index in [9.17, 15) is 19.2 Å². The Labute approximate surface area is 329 Å². The van der Waals surface area contributed by atoms with E-state index in [1.165, 1.54) is 5.56 Å². The Balaban J connectivity index is 1.06. The number of nitrogens with one attached hydrogen (secondary N) is 3. The van der Waals surface area contributed by atoms with E-state index in [4.69, 9.17) is 4.74 Å². The van der Waals surface area contributed by atoms with Crippen molar-refractivity contribution in [2.45, 2.75) is 78.4 Å². The third kappa shape index (κ3) is 8.74. The van der Waals surface area contributed by atoms with Crippen molar-refractivity contribution in [2.24, 2.45) is 0 Å². The van der Waals surface area contributed by atoms with Crippen molar-refractivity contribution in [3.63, 3.8) is 0 Å². The van der Waals surface area contributed by atoms with E-state index in [0.29, 0.717) is 30.0 Å². The molecule has 3 saturated heterocycles. The van der Waals surface area contributed by atoms with Gasteiger partial charge in [-0.05, 0) is 111 Å². The molecule has 1 unspecified atom stereocenters. The highest BCUT2D eigenvalue weighted by Crippen LogP contribution is 2.35. The second-order valence-electron chi connectivity index (χ2n) is 15.5. The van der Waals surface area contributed by atoms with Gasteiger partial charge in [0.1, 0.15) is 0 Å². The van der Waals surface area contributed by atoms with Crippen LogP contribution < -0.4 is 26.0 Å². The second kappa shape index (κ2) is 17.3. The summed E-state index contributed by atoms with van der Waals surface area (Å²) < 4.78 is 5.69. The lowest BCUT2D eigenvalue weighted by atomic mass is 9.89. The summed E-state index contributed by atoms with van der Waals surface area (Å²) in [6.45, 7) is 14.8. The lowest BCUT2D eigenvalue weighted by Crippen LogP contribution is -2.46. The van der Waals surface area contributed by atoms with Gasteiger partial charge in [-0.25, -0.2) is 0 Å². The fourth-order valence-corrected chi connectivity index (χ4v) is 8.59. The van der Waals surface area contributed by atoms with Crippen molar-refractivity contribution in [1.29, 1.82) is 0 Å². The molecule has 0 spiro atoms. The Hall–Kier alpha value is -5.26. The van der Waals surface area contributed by atoms with Gasteiger partial charge in [0.05, 0.1) is 5.92 Å². The predicted molar refractivity (Wildman–Crippen MR) is 220 cm³/mol. The average Bonchev–Trinajstić information content (AvgIpc) is 3.19. The zero-order valence-corrected chi connectivity index (χ0v) is 33.1. The number of carbonyl (C=O) groups excluding carboxylic acids is 3. The first-order valence-corrected chi connectivity index (χ1v) is 20.0. The number of anilines is 2. The molecule has 0 saturated carbocycles. The number of aryl methyl sites for hydroxylation is 2. The molecule has 4 heterocycles. The summed E-state index contributed by atoms with van der Waals surface area (Å²) >= 11 is 0. The van der Waals surface area contributed by atoms with Gasteiger partial charge >= 0.3 is 0 Å². The average molecular weight is 759 g/mol. The number of aromatic nitrogens is 1. The van der Waals surface area contributed by atoms with Gasteiger partial charge in [0.15, 0.2) is 0 Å². The van der Waals surface area contributed by atoms with Gasteiger partial charge in [-0.1, -0.05) is 36.4 Å². The van der Waals surface area contributed by atoms with Crippen LogP contribution in [0.15, 0.2) is 71.5 Å². The fraction of sp³-hybridized carbons (Fsp3) is 0.422. The largest absolute Gasteiger partial charge is 0.381 e. The molecule has 0 aliphatic carbocycles. The third-order valence-electron chi connectivity index (χ3n) is 11.8. The minimum absolute atomic E-state index is 0.146. The molecular weight excluding hydrogens is 705 g/mol. The topological polar surface area (TPSA) is 127 Å². The number of piperazine rings is 1. The first-order chi connectivity index (χ1) is 27.1. The molecule has 11 heteroatoms. The quantitative estimate of drug-likeness (QED) is 0.165. The maximum Gasteiger partial charge on any atom is 0.253 e. The Morgan fingerprint density at radius 3 is 2.34 bits per heavy atom. The number of nitrogens with zero attached hydrogens (tertiary/aromatic N) is 3. The van der Waals surface area contributed by atoms with E-state index in [2.05, 4.69) is 79.7 Å². The zero-order valence-electron chi connectivity index (χ0n) is 33.1. The lowest BCUT2D eigenvalue weighted by molar-refractivity contribution is -0.134. The van der Waals surface area contributed by atoms with Gasteiger partial charge in [-0.15, -0.1) is 0 Å². The van der Waals surface area contributed by atoms with Crippen molar-refractivity contribution in [3.8, 4) is 11.1 Å². The summed E-state index contributed by atoms with van der Waals surface area (Å²) in [5, 5.41) is 5.54. The van der Waals surface area contributed by atoms with Gasteiger partial charge in [-0.3, -0.25) is 29.4 Å². The van der Waals surface area contributed by atoms with Gasteiger partial charge in [0, 0.05) is 99.7 Å². The summed E-state index contributed by atoms with van der Waals surface area (Å²) in [5.41, 5.74) is 9.93. The van der Waals surface area contributed by atoms with Gasteiger partial charge in [0.2, 0.25) is 11.8 Å². The molecule has 56 heavy (non-hydrogen) atoms. The van der Waals surface area contributed by atoms with Crippen molar-refractivity contribution in [2.75, 3.05) is 55.7 Å². The van der Waals surface area contributed by atoms with Crippen molar-refractivity contribution < 1.29 is 19.1 Å². The smallest absolute Gasteiger partial charge is 0.253 e. The number of ether oxygens (including phenoxy) is 1. The molecule has 3 aromatic carbocycles. The molecule has 3 aliphatic rings. The van der Waals surface area contributed by atoms with Gasteiger partial charge in [0.25, 0.3) is 11.5 Å². The Morgan fingerprint density at radius 1 is 0.893 bits per heavy atom. The fourth-order valence-electron chi connectivity index (χ4n) is 8.59. The molecule has 1 aromatic heterocycles. The number of rotatable bonds is 11. The summed E-state index contributed by atoms with van der Waals surface area (Å²) in [6, 6.07) is 23.3. The Kier molecular flexibility index (Phi) is 12.0. The molecule has 11 nitrogen and oxygen atoms in total. The second-order valence-corrected chi connectivity index (χ2v) is 15.5. The Bertz CT molecular complexity index is 2130. The van der Waals surface area contributed by atoms with E-state index < -0.39 is 0 Å². The van der Waals surface area contributed by atoms with Crippen LogP contribution in [0.2, 0.25) is 0 Å². The molecule has 3 amide bonds. The number of imide groups is 1. The van der Waals surface area contributed by atoms with Crippen molar-refractivity contribution in [1.82, 2.24) is 20.5 Å². The SMILES string of the molecule is CCN(c1cc(-c2ccc(N3CCN(Cc4cccc(C5CCC(=O)NC5=O)c4)CC3)cc2)cc(C(=O)NCc2c(C)cc(C)[nH]c2=O)c1C)C1CCOCC1. The number of pyridine rings is 1. The summed E-state index contributed by atoms with van der Waals surface area (Å²) in [7, 11) is 0. The van der Waals surface area contributed by atoms with Crippen LogP contribution in [-0.2, 0) is 27.4 Å². The molecule has 0 radical (unpaired) electrons. The van der Waals surface area contributed by atoms with E-state index in [1.54, 1.807) is 0 Å². The predicted octanol–water partition coefficient (Wildman–Crippen LogP) is 5.74. The first kappa shape index (κ1) is 39.0. The van der Waals surface area contributed by atoms with Crippen molar-refractivity contribution in [3.05, 3.63) is 116 Å². The minimum Gasteiger partial charge on any atom is -0.381 e. The maximum absolute atomic E-state index is 14.0. The number of benzene rings is 3. The molecule has 3 N–H and O–H groups in total. The molecule has 294 valence electrons. The van der Waals surface area contributed by atoms with E-state index in [-0.39, 0.29) is 35.7 Å². The van der Waals surface area contributed by atoms with Crippen LogP contribution in [0.1, 0.15) is 82.4 Å². The standard InChI is InChI=1S/C45H54N6O5/c1-5-51(37-15-21-56-22-16-37)41-26-35(25-39(31(41)4)43(53)46-27-40-29(2)23-30(3)47-45(40)55)33-9-11-36(12-10-33)50-19-17-49(18-20-50)28-32-7-6-8-34(24-32)38-13-14-42(52)48-44(38)54/h6-12,23-26,37-38H,5,13-22,27-28H2,1-4H3,(H,46,53)(H,47,55)(H,48,52,54). The molecule has 3 fully saturated rings. The van der Waals surface area contributed by atoms with Crippen LogP contribution in [0.25, 0.3) is 11.1 Å². The van der Waals surface area contributed by atoms with Crippen LogP contribution in [0.5, 0.6) is 0 Å². The van der Waals surface area contributed by atoms with E-state index in [1.807, 2.05) is 45.0 Å². The highest BCUT2D eigenvalue weighted by molar-refractivity contribution is 6.01. The van der Waals surface area contributed by atoms with Crippen LogP contribution in [-0.4, -0.2) is 79.6 Å². The number of aromatic amines is 1. The molecule has 7 rings (SSSR count). The highest BCUT2D eigenvalue weighted by Gasteiger charge is 2.29. The van der Waals surface area contributed by atoms with Crippen LogP contribution in [0.4, 0.5) is 11.4 Å². The molecule has 4 aromatic rings. The number of amides is 3. The molecule has 0 bridgehead atoms. The summed E-state index contributed by atoms with van der Waals surface area (Å²) in [5.74, 6) is -0.874. The van der Waals surface area contributed by atoms with Crippen molar-refractivity contribution >= 4 is 29.1 Å². The number of piperidine rings is 1. The van der Waals surface area contributed by atoms with Crippen LogP contribution in [0, 0.1) is 20.8 Å². The summed E-state index contributed by atoms with van der Waals surface area (Å²) in [6.07, 6.45) is 2.80. The maximum atomic E-state index is 14.0. The van der Waals surface area contributed by atoms with E-state index in [0.717, 1.165) is 110 Å². The molecule has 3 aliphatic heterocycles. The normalized spacial score (nSPS) is 18.1. The van der Waals surface area contributed by atoms with Crippen LogP contribution >= 0.6 is 0 Å². The number of hydrogen-bond donors (Lipinski definition) is 3. The van der Waals surface area contributed by atoms with Gasteiger partial charge < -0.3 is 24.8 Å². The zero-order chi connectivity index (χ0) is 39.3. The number of hydrogen-bond acceptors (Lipinski definition) is 8. The summed E-state index contributed by atoms with van der Waals surface area (Å²) in [4.78, 5) is 61.0. The highest BCUT2D eigenvalue weighted by atomic mass is 16.5. The third-order valence-corrected chi connectivity index (χ3v) is 11.8. The number of H-pyrrole nitrogens is 1. The monoisotopic (exact) mass is 758 g/mol. The molecule has 1 atom stereocenters. The molecular formula is C45H54N6O5. The first-order valence-electron chi connectivity index (χ1n) is 20.0. The van der Waals surface area contributed by atoms with E-state index >= 15 is 0 Å². The minimum atomic E-state index is -0.277. The lowest BCUT2D eigenvalue weighted by Gasteiger charge is -2.37. The van der Waals surface area contributed by atoms with Gasteiger partial charge in [-0.2, -0.15) is 0 Å². The van der Waals surface area contributed by atoms with Crippen LogP contribution in [0.3, 0.4) is 0 Å². The Morgan fingerprint density at radius 2 is 1.64 bits per heavy atom.